The molecule has 128 valence electrons. The first-order chi connectivity index (χ1) is 11.2. The van der Waals surface area contributed by atoms with Crippen LogP contribution in [0.1, 0.15) is 11.1 Å². The number of ether oxygens (including phenoxy) is 1. The second kappa shape index (κ2) is 7.68. The lowest BCUT2D eigenvalue weighted by atomic mass is 10.2. The third-order valence-electron chi connectivity index (χ3n) is 3.22. The van der Waals surface area contributed by atoms with Crippen LogP contribution in [0.25, 0.3) is 0 Å². The van der Waals surface area contributed by atoms with E-state index in [2.05, 4.69) is 5.32 Å². The standard InChI is InChI=1S/C17H18ClNO4S/c1-12-15(18)7-4-8-16(12)23-10-17(20)19-14-6-3-5-13(9-14)11-24(2,21)22/h3-9H,10-11H2,1-2H3,(H,19,20). The molecule has 0 unspecified atom stereocenters. The van der Waals surface area contributed by atoms with E-state index in [1.165, 1.54) is 6.26 Å². The Balaban J connectivity index is 1.97. The zero-order valence-electron chi connectivity index (χ0n) is 13.4. The Hall–Kier alpha value is -2.05. The first kappa shape index (κ1) is 18.3. The van der Waals surface area contributed by atoms with E-state index in [4.69, 9.17) is 16.3 Å². The summed E-state index contributed by atoms with van der Waals surface area (Å²) in [5.74, 6) is 0.129. The van der Waals surface area contributed by atoms with E-state index in [0.29, 0.717) is 22.0 Å². The van der Waals surface area contributed by atoms with Crippen molar-refractivity contribution in [2.24, 2.45) is 0 Å². The number of carbonyl (C=O) groups excluding carboxylic acids is 1. The van der Waals surface area contributed by atoms with E-state index >= 15 is 0 Å². The van der Waals surface area contributed by atoms with Gasteiger partial charge in [-0.25, -0.2) is 8.42 Å². The zero-order chi connectivity index (χ0) is 17.7. The molecule has 2 rings (SSSR count). The predicted molar refractivity (Wildman–Crippen MR) is 95.3 cm³/mol. The number of hydrogen-bond acceptors (Lipinski definition) is 4. The van der Waals surface area contributed by atoms with Gasteiger partial charge in [0.1, 0.15) is 5.75 Å². The molecule has 2 aromatic rings. The van der Waals surface area contributed by atoms with Gasteiger partial charge in [-0.1, -0.05) is 29.8 Å². The summed E-state index contributed by atoms with van der Waals surface area (Å²) in [4.78, 5) is 12.0. The van der Waals surface area contributed by atoms with Crippen molar-refractivity contribution in [3.63, 3.8) is 0 Å². The zero-order valence-corrected chi connectivity index (χ0v) is 14.9. The Morgan fingerprint density at radius 3 is 2.62 bits per heavy atom. The first-order valence-electron chi connectivity index (χ1n) is 7.19. The molecule has 0 aliphatic carbocycles. The van der Waals surface area contributed by atoms with Crippen LogP contribution >= 0.6 is 11.6 Å². The Morgan fingerprint density at radius 2 is 1.92 bits per heavy atom. The Labute approximate surface area is 146 Å². The van der Waals surface area contributed by atoms with Crippen LogP contribution in [0, 0.1) is 6.92 Å². The Kier molecular flexibility index (Phi) is 5.85. The van der Waals surface area contributed by atoms with Gasteiger partial charge in [0.2, 0.25) is 0 Å². The van der Waals surface area contributed by atoms with Crippen molar-refractivity contribution in [3.8, 4) is 5.75 Å². The number of benzene rings is 2. The summed E-state index contributed by atoms with van der Waals surface area (Å²) in [7, 11) is -3.13. The second-order valence-electron chi connectivity index (χ2n) is 5.47. The molecule has 1 N–H and O–H groups in total. The van der Waals surface area contributed by atoms with E-state index in [9.17, 15) is 13.2 Å². The number of amides is 1. The molecule has 0 spiro atoms. The summed E-state index contributed by atoms with van der Waals surface area (Å²) >= 11 is 6.00. The number of nitrogens with one attached hydrogen (secondary N) is 1. The first-order valence-corrected chi connectivity index (χ1v) is 9.63. The van der Waals surface area contributed by atoms with Crippen molar-refractivity contribution in [1.29, 1.82) is 0 Å². The van der Waals surface area contributed by atoms with Gasteiger partial charge in [0.15, 0.2) is 16.4 Å². The van der Waals surface area contributed by atoms with Crippen molar-refractivity contribution in [2.75, 3.05) is 18.2 Å². The van der Waals surface area contributed by atoms with Crippen molar-refractivity contribution in [2.45, 2.75) is 12.7 Å². The van der Waals surface area contributed by atoms with Crippen molar-refractivity contribution in [3.05, 3.63) is 58.6 Å². The normalized spacial score (nSPS) is 11.1. The van der Waals surface area contributed by atoms with Crippen molar-refractivity contribution < 1.29 is 17.9 Å². The van der Waals surface area contributed by atoms with Gasteiger partial charge in [0.25, 0.3) is 5.91 Å². The molecule has 0 fully saturated rings. The fraction of sp³-hybridized carbons (Fsp3) is 0.235. The van der Waals surface area contributed by atoms with E-state index in [-0.39, 0.29) is 18.3 Å². The van der Waals surface area contributed by atoms with Crippen molar-refractivity contribution >= 4 is 33.0 Å². The van der Waals surface area contributed by atoms with Crippen LogP contribution in [0.5, 0.6) is 5.75 Å². The molecule has 0 radical (unpaired) electrons. The number of sulfone groups is 1. The highest BCUT2D eigenvalue weighted by molar-refractivity contribution is 7.89. The van der Waals surface area contributed by atoms with Gasteiger partial charge in [-0.15, -0.1) is 0 Å². The van der Waals surface area contributed by atoms with Gasteiger partial charge in [0, 0.05) is 22.5 Å². The van der Waals surface area contributed by atoms with Crippen molar-refractivity contribution in [1.82, 2.24) is 0 Å². The van der Waals surface area contributed by atoms with E-state index in [1.54, 1.807) is 42.5 Å². The Bertz CT molecular complexity index is 849. The number of halogens is 1. The van der Waals surface area contributed by atoms with Crippen LogP contribution in [0.2, 0.25) is 5.02 Å². The van der Waals surface area contributed by atoms with Gasteiger partial charge >= 0.3 is 0 Å². The monoisotopic (exact) mass is 367 g/mol. The number of anilines is 1. The molecular weight excluding hydrogens is 350 g/mol. The molecule has 2 aromatic carbocycles. The average molecular weight is 368 g/mol. The quantitative estimate of drug-likeness (QED) is 0.850. The summed E-state index contributed by atoms with van der Waals surface area (Å²) in [5.41, 5.74) is 1.90. The summed E-state index contributed by atoms with van der Waals surface area (Å²) in [6.45, 7) is 1.64. The maximum atomic E-state index is 12.0. The van der Waals surface area contributed by atoms with Crippen LogP contribution in [-0.4, -0.2) is 27.2 Å². The summed E-state index contributed by atoms with van der Waals surface area (Å²) < 4.78 is 28.1. The number of hydrogen-bond donors (Lipinski definition) is 1. The third-order valence-corrected chi connectivity index (χ3v) is 4.48. The molecule has 0 bridgehead atoms. The second-order valence-corrected chi connectivity index (χ2v) is 8.02. The molecule has 0 atom stereocenters. The van der Waals surface area contributed by atoms with Gasteiger partial charge in [-0.05, 0) is 36.8 Å². The fourth-order valence-electron chi connectivity index (χ4n) is 2.13. The summed E-state index contributed by atoms with van der Waals surface area (Å²) in [6, 6.07) is 11.9. The van der Waals surface area contributed by atoms with Gasteiger partial charge in [-0.2, -0.15) is 0 Å². The molecule has 1 amide bonds. The molecule has 0 heterocycles. The fourth-order valence-corrected chi connectivity index (χ4v) is 3.08. The van der Waals surface area contributed by atoms with E-state index in [0.717, 1.165) is 5.56 Å². The van der Waals surface area contributed by atoms with Crippen LogP contribution in [0.3, 0.4) is 0 Å². The highest BCUT2D eigenvalue weighted by Crippen LogP contribution is 2.25. The predicted octanol–water partition coefficient (Wildman–Crippen LogP) is 3.21. The smallest absolute Gasteiger partial charge is 0.262 e. The maximum absolute atomic E-state index is 12.0. The lowest BCUT2D eigenvalue weighted by Crippen LogP contribution is -2.20. The lowest BCUT2D eigenvalue weighted by molar-refractivity contribution is -0.118. The van der Waals surface area contributed by atoms with Crippen LogP contribution in [0.15, 0.2) is 42.5 Å². The van der Waals surface area contributed by atoms with Crippen LogP contribution in [-0.2, 0) is 20.4 Å². The summed E-state index contributed by atoms with van der Waals surface area (Å²) in [6.07, 6.45) is 1.17. The minimum Gasteiger partial charge on any atom is -0.483 e. The SMILES string of the molecule is Cc1c(Cl)cccc1OCC(=O)Nc1cccc(CS(C)(=O)=O)c1. The molecule has 0 aliphatic heterocycles. The topological polar surface area (TPSA) is 72.5 Å². The molecule has 7 heteroatoms. The van der Waals surface area contributed by atoms with Crippen LogP contribution < -0.4 is 10.1 Å². The van der Waals surface area contributed by atoms with E-state index < -0.39 is 9.84 Å². The van der Waals surface area contributed by atoms with Gasteiger partial charge in [0.05, 0.1) is 5.75 Å². The molecule has 0 saturated heterocycles. The molecule has 5 nitrogen and oxygen atoms in total. The lowest BCUT2D eigenvalue weighted by Gasteiger charge is -2.11. The van der Waals surface area contributed by atoms with Crippen LogP contribution in [0.4, 0.5) is 5.69 Å². The third kappa shape index (κ3) is 5.54. The minimum absolute atomic E-state index is 0.0745. The highest BCUT2D eigenvalue weighted by atomic mass is 35.5. The van der Waals surface area contributed by atoms with E-state index in [1.807, 2.05) is 6.92 Å². The molecule has 0 aromatic heterocycles. The van der Waals surface area contributed by atoms with Gasteiger partial charge in [-0.3, -0.25) is 4.79 Å². The molecular formula is C17H18ClNO4S. The maximum Gasteiger partial charge on any atom is 0.262 e. The van der Waals surface area contributed by atoms with Gasteiger partial charge < -0.3 is 10.1 Å². The molecule has 0 aliphatic rings. The Morgan fingerprint density at radius 1 is 1.21 bits per heavy atom. The number of rotatable bonds is 6. The largest absolute Gasteiger partial charge is 0.483 e. The highest BCUT2D eigenvalue weighted by Gasteiger charge is 2.09. The average Bonchev–Trinajstić information content (AvgIpc) is 2.47. The summed E-state index contributed by atoms with van der Waals surface area (Å²) in [5, 5.41) is 3.25. The molecule has 24 heavy (non-hydrogen) atoms. The number of carbonyl (C=O) groups is 1. The minimum atomic E-state index is -3.13. The molecule has 0 saturated carbocycles.